The summed E-state index contributed by atoms with van der Waals surface area (Å²) in [5.41, 5.74) is 2.54. The molecule has 0 aromatic carbocycles. The lowest BCUT2D eigenvalue weighted by Crippen LogP contribution is -2.27. The molecule has 1 aliphatic heterocycles. The summed E-state index contributed by atoms with van der Waals surface area (Å²) in [7, 11) is 1.74. The maximum absolute atomic E-state index is 5.25. The Bertz CT molecular complexity index is 371. The Labute approximate surface area is 94.6 Å². The van der Waals surface area contributed by atoms with E-state index < -0.39 is 0 Å². The number of rotatable bonds is 3. The number of methoxy groups -OCH3 is 1. The molecule has 84 valence electrons. The van der Waals surface area contributed by atoms with Crippen molar-refractivity contribution in [1.82, 2.24) is 15.1 Å². The minimum absolute atomic E-state index is 0.788. The second kappa shape index (κ2) is 4.92. The lowest BCUT2D eigenvalue weighted by atomic mass is 10.2. The third kappa shape index (κ3) is 2.48. The van der Waals surface area contributed by atoms with Crippen molar-refractivity contribution >= 4 is 12.2 Å². The van der Waals surface area contributed by atoms with Crippen molar-refractivity contribution in [3.8, 4) is 0 Å². The number of nitrogens with one attached hydrogen (secondary N) is 2. The van der Waals surface area contributed by atoms with E-state index in [-0.39, 0.29) is 0 Å². The fourth-order valence-electron chi connectivity index (χ4n) is 1.99. The molecule has 0 unspecified atom stereocenters. The Balaban J connectivity index is 2.09. The normalized spacial score (nSPS) is 17.4. The van der Waals surface area contributed by atoms with Crippen LogP contribution in [-0.2, 0) is 17.7 Å². The number of hydrogen-bond donors (Lipinski definition) is 2. The van der Waals surface area contributed by atoms with Crippen molar-refractivity contribution in [3.63, 3.8) is 0 Å². The number of aromatic amines is 2. The Kier molecular flexibility index (Phi) is 3.56. The van der Waals surface area contributed by atoms with Crippen LogP contribution in [0.5, 0.6) is 0 Å². The van der Waals surface area contributed by atoms with Crippen molar-refractivity contribution in [1.29, 1.82) is 0 Å². The van der Waals surface area contributed by atoms with Gasteiger partial charge in [0.25, 0.3) is 0 Å². The highest BCUT2D eigenvalue weighted by atomic mass is 32.1. The molecule has 1 aromatic heterocycles. The second-order valence-corrected chi connectivity index (χ2v) is 4.32. The fourth-order valence-corrected chi connectivity index (χ4v) is 2.23. The van der Waals surface area contributed by atoms with E-state index in [1.54, 1.807) is 7.11 Å². The monoisotopic (exact) mass is 227 g/mol. The van der Waals surface area contributed by atoms with E-state index in [1.165, 1.54) is 17.7 Å². The van der Waals surface area contributed by atoms with E-state index in [0.717, 1.165) is 37.3 Å². The average Bonchev–Trinajstić information content (AvgIpc) is 2.50. The van der Waals surface area contributed by atoms with Gasteiger partial charge in [-0.05, 0) is 19.4 Å². The minimum atomic E-state index is 0.788. The molecule has 0 saturated carbocycles. The van der Waals surface area contributed by atoms with Crippen LogP contribution in [0.3, 0.4) is 0 Å². The topological polar surface area (TPSA) is 44.0 Å². The largest absolute Gasteiger partial charge is 0.383 e. The summed E-state index contributed by atoms with van der Waals surface area (Å²) in [4.78, 5) is 2.40. The number of aromatic nitrogens is 2. The summed E-state index contributed by atoms with van der Waals surface area (Å²) in [6.07, 6.45) is 2.27. The molecule has 0 aliphatic carbocycles. The molecule has 2 rings (SSSR count). The Hall–Kier alpha value is -0.650. The first-order chi connectivity index (χ1) is 7.31. The fraction of sp³-hybridized carbons (Fsp3) is 0.700. The third-order valence-corrected chi connectivity index (χ3v) is 3.21. The van der Waals surface area contributed by atoms with Crippen LogP contribution >= 0.6 is 12.2 Å². The van der Waals surface area contributed by atoms with Crippen LogP contribution in [0.15, 0.2) is 0 Å². The summed E-state index contributed by atoms with van der Waals surface area (Å²) in [6.45, 7) is 3.84. The minimum Gasteiger partial charge on any atom is -0.383 e. The number of aryl methyl sites for hydroxylation is 1. The van der Waals surface area contributed by atoms with E-state index in [0.29, 0.717) is 0 Å². The molecule has 0 bridgehead atoms. The molecule has 0 amide bonds. The molecule has 2 heterocycles. The number of nitrogens with zero attached hydrogens (tertiary/aromatic N) is 1. The predicted molar refractivity (Wildman–Crippen MR) is 61.5 cm³/mol. The standard InChI is InChI=1S/C10H17N3OS/c1-14-6-5-13-4-2-3-9-8(7-13)10(15)12-11-9/h2-7H2,1H3,(H2,11,12,15). The first-order valence-corrected chi connectivity index (χ1v) is 5.72. The van der Waals surface area contributed by atoms with Gasteiger partial charge in [-0.1, -0.05) is 12.2 Å². The van der Waals surface area contributed by atoms with Crippen LogP contribution in [0, 0.1) is 4.64 Å². The van der Waals surface area contributed by atoms with Crippen molar-refractivity contribution in [2.75, 3.05) is 26.8 Å². The van der Waals surface area contributed by atoms with E-state index in [2.05, 4.69) is 15.1 Å². The van der Waals surface area contributed by atoms with Gasteiger partial charge in [-0.3, -0.25) is 10.00 Å². The van der Waals surface area contributed by atoms with Gasteiger partial charge in [-0.25, -0.2) is 0 Å². The Morgan fingerprint density at radius 3 is 3.13 bits per heavy atom. The Morgan fingerprint density at radius 2 is 2.33 bits per heavy atom. The molecule has 1 aliphatic rings. The SMILES string of the molecule is COCCN1CCCc2[nH][nH]c(=S)c2C1. The van der Waals surface area contributed by atoms with Crippen molar-refractivity contribution in [2.24, 2.45) is 0 Å². The molecular weight excluding hydrogens is 210 g/mol. The van der Waals surface area contributed by atoms with Gasteiger partial charge in [0, 0.05) is 31.5 Å². The van der Waals surface area contributed by atoms with Crippen LogP contribution in [0.25, 0.3) is 0 Å². The van der Waals surface area contributed by atoms with Gasteiger partial charge in [0.05, 0.1) is 6.61 Å². The highest BCUT2D eigenvalue weighted by Crippen LogP contribution is 2.17. The van der Waals surface area contributed by atoms with Gasteiger partial charge in [0.2, 0.25) is 0 Å². The lowest BCUT2D eigenvalue weighted by Gasteiger charge is -2.18. The quantitative estimate of drug-likeness (QED) is 0.769. The van der Waals surface area contributed by atoms with Crippen LogP contribution in [0.2, 0.25) is 0 Å². The van der Waals surface area contributed by atoms with Gasteiger partial charge in [0.1, 0.15) is 4.64 Å². The van der Waals surface area contributed by atoms with Gasteiger partial charge >= 0.3 is 0 Å². The van der Waals surface area contributed by atoms with Crippen LogP contribution in [0.4, 0.5) is 0 Å². The molecule has 0 saturated heterocycles. The molecule has 1 aromatic rings. The van der Waals surface area contributed by atoms with Gasteiger partial charge in [-0.2, -0.15) is 0 Å². The molecule has 0 spiro atoms. The molecule has 4 nitrogen and oxygen atoms in total. The van der Waals surface area contributed by atoms with E-state index in [1.807, 2.05) is 0 Å². The number of H-pyrrole nitrogens is 2. The van der Waals surface area contributed by atoms with Crippen LogP contribution in [-0.4, -0.2) is 41.9 Å². The zero-order valence-electron chi connectivity index (χ0n) is 9.01. The first kappa shape index (κ1) is 10.9. The number of hydrogen-bond acceptors (Lipinski definition) is 3. The van der Waals surface area contributed by atoms with E-state index >= 15 is 0 Å². The van der Waals surface area contributed by atoms with Crippen molar-refractivity contribution in [3.05, 3.63) is 15.9 Å². The highest BCUT2D eigenvalue weighted by Gasteiger charge is 2.16. The second-order valence-electron chi connectivity index (χ2n) is 3.91. The van der Waals surface area contributed by atoms with Crippen molar-refractivity contribution in [2.45, 2.75) is 19.4 Å². The van der Waals surface area contributed by atoms with Gasteiger partial charge in [-0.15, -0.1) is 0 Å². The summed E-state index contributed by atoms with van der Waals surface area (Å²) in [5, 5.41) is 6.17. The summed E-state index contributed by atoms with van der Waals surface area (Å²) >= 11 is 5.25. The lowest BCUT2D eigenvalue weighted by molar-refractivity contribution is 0.145. The Morgan fingerprint density at radius 1 is 1.47 bits per heavy atom. The van der Waals surface area contributed by atoms with Crippen LogP contribution in [0.1, 0.15) is 17.7 Å². The van der Waals surface area contributed by atoms with Gasteiger partial charge in [0.15, 0.2) is 0 Å². The molecule has 5 heteroatoms. The van der Waals surface area contributed by atoms with Gasteiger partial charge < -0.3 is 9.84 Å². The molecule has 2 N–H and O–H groups in total. The van der Waals surface area contributed by atoms with E-state index in [4.69, 9.17) is 17.0 Å². The maximum Gasteiger partial charge on any atom is 0.124 e. The van der Waals surface area contributed by atoms with Crippen molar-refractivity contribution < 1.29 is 4.74 Å². The summed E-state index contributed by atoms with van der Waals surface area (Å²) in [5.74, 6) is 0. The molecule has 0 atom stereocenters. The van der Waals surface area contributed by atoms with E-state index in [9.17, 15) is 0 Å². The summed E-state index contributed by atoms with van der Waals surface area (Å²) < 4.78 is 5.96. The third-order valence-electron chi connectivity index (χ3n) is 2.86. The highest BCUT2D eigenvalue weighted by molar-refractivity contribution is 7.71. The smallest absolute Gasteiger partial charge is 0.124 e. The molecule has 0 fully saturated rings. The zero-order chi connectivity index (χ0) is 10.7. The number of ether oxygens (including phenoxy) is 1. The summed E-state index contributed by atoms with van der Waals surface area (Å²) in [6, 6.07) is 0. The number of fused-ring (bicyclic) bond motifs is 1. The zero-order valence-corrected chi connectivity index (χ0v) is 9.82. The predicted octanol–water partition coefficient (Wildman–Crippen LogP) is 1.47. The maximum atomic E-state index is 5.25. The first-order valence-electron chi connectivity index (χ1n) is 5.31. The average molecular weight is 227 g/mol. The molecule has 15 heavy (non-hydrogen) atoms. The molecule has 0 radical (unpaired) electrons. The molecular formula is C10H17N3OS. The van der Waals surface area contributed by atoms with Crippen LogP contribution < -0.4 is 0 Å².